The third kappa shape index (κ3) is 2.90. The van der Waals surface area contributed by atoms with Crippen molar-refractivity contribution in [2.24, 2.45) is 5.92 Å². The summed E-state index contributed by atoms with van der Waals surface area (Å²) in [5.74, 6) is -0.00674. The summed E-state index contributed by atoms with van der Waals surface area (Å²) in [5.41, 5.74) is 0.311. The second-order valence-electron chi connectivity index (χ2n) is 5.83. The summed E-state index contributed by atoms with van der Waals surface area (Å²) in [5, 5.41) is 10.3. The minimum atomic E-state index is -3.52. The monoisotopic (exact) mass is 297 g/mol. The highest BCUT2D eigenvalue weighted by Gasteiger charge is 2.47. The first kappa shape index (κ1) is 15.5. The summed E-state index contributed by atoms with van der Waals surface area (Å²) in [6, 6.07) is 6.52. The van der Waals surface area contributed by atoms with Gasteiger partial charge in [-0.25, -0.2) is 13.1 Å². The van der Waals surface area contributed by atoms with E-state index in [-0.39, 0.29) is 16.9 Å². The Morgan fingerprint density at radius 1 is 1.40 bits per heavy atom. The number of aliphatic hydroxyl groups is 1. The number of hydrogen-bond acceptors (Lipinski definition) is 3. The normalized spacial score (nSPS) is 27.9. The highest BCUT2D eigenvalue weighted by Crippen LogP contribution is 2.43. The summed E-state index contributed by atoms with van der Waals surface area (Å²) in [4.78, 5) is 0.273. The predicted octanol–water partition coefficient (Wildman–Crippen LogP) is 2.21. The highest BCUT2D eigenvalue weighted by atomic mass is 32.2. The Kier molecular flexibility index (Phi) is 4.23. The van der Waals surface area contributed by atoms with E-state index >= 15 is 0 Å². The van der Waals surface area contributed by atoms with Crippen molar-refractivity contribution in [1.29, 1.82) is 0 Å². The zero-order valence-corrected chi connectivity index (χ0v) is 13.1. The van der Waals surface area contributed by atoms with Crippen molar-refractivity contribution in [3.05, 3.63) is 29.8 Å². The van der Waals surface area contributed by atoms with Crippen LogP contribution in [0.5, 0.6) is 0 Å². The largest absolute Gasteiger partial charge is 0.390 e. The van der Waals surface area contributed by atoms with Crippen LogP contribution in [0.1, 0.15) is 38.7 Å². The number of sulfonamides is 1. The molecular formula is C15H23NO3S. The van der Waals surface area contributed by atoms with Crippen molar-refractivity contribution in [1.82, 2.24) is 4.72 Å². The molecule has 0 bridgehead atoms. The van der Waals surface area contributed by atoms with E-state index in [0.717, 1.165) is 18.4 Å². The molecule has 0 radical (unpaired) electrons. The van der Waals surface area contributed by atoms with Gasteiger partial charge in [0.25, 0.3) is 0 Å². The maximum atomic E-state index is 12.3. The maximum absolute atomic E-state index is 12.3. The Hall–Kier alpha value is -0.910. The SMILES string of the molecule is CC[C@@]1(O)CC[C@@H]1[C@H](C)NS(=O)(=O)c1ccc(C)cc1. The van der Waals surface area contributed by atoms with Crippen LogP contribution >= 0.6 is 0 Å². The average Bonchev–Trinajstić information content (AvgIpc) is 2.36. The molecule has 1 saturated carbocycles. The summed E-state index contributed by atoms with van der Waals surface area (Å²) < 4.78 is 27.3. The molecule has 0 aromatic heterocycles. The molecule has 1 aliphatic rings. The Morgan fingerprint density at radius 3 is 2.45 bits per heavy atom. The van der Waals surface area contributed by atoms with Gasteiger partial charge in [-0.15, -0.1) is 0 Å². The molecule has 4 nitrogen and oxygen atoms in total. The molecule has 0 unspecified atom stereocenters. The fourth-order valence-electron chi connectivity index (χ4n) is 2.91. The van der Waals surface area contributed by atoms with Crippen molar-refractivity contribution in [3.63, 3.8) is 0 Å². The fraction of sp³-hybridized carbons (Fsp3) is 0.600. The maximum Gasteiger partial charge on any atom is 0.240 e. The molecular weight excluding hydrogens is 274 g/mol. The van der Waals surface area contributed by atoms with Crippen LogP contribution in [0, 0.1) is 12.8 Å². The molecule has 1 aliphatic carbocycles. The topological polar surface area (TPSA) is 66.4 Å². The van der Waals surface area contributed by atoms with Gasteiger partial charge < -0.3 is 5.11 Å². The quantitative estimate of drug-likeness (QED) is 0.875. The lowest BCUT2D eigenvalue weighted by atomic mass is 9.65. The first-order valence-corrected chi connectivity index (χ1v) is 8.58. The van der Waals surface area contributed by atoms with Crippen LogP contribution in [0.4, 0.5) is 0 Å². The van der Waals surface area contributed by atoms with Gasteiger partial charge in [-0.3, -0.25) is 0 Å². The van der Waals surface area contributed by atoms with Gasteiger partial charge in [0, 0.05) is 12.0 Å². The van der Waals surface area contributed by atoms with Gasteiger partial charge >= 0.3 is 0 Å². The molecule has 2 rings (SSSR count). The lowest BCUT2D eigenvalue weighted by Gasteiger charge is -2.48. The van der Waals surface area contributed by atoms with E-state index in [0.29, 0.717) is 6.42 Å². The molecule has 3 atom stereocenters. The van der Waals surface area contributed by atoms with Crippen molar-refractivity contribution < 1.29 is 13.5 Å². The van der Waals surface area contributed by atoms with E-state index < -0.39 is 15.6 Å². The number of aryl methyl sites for hydroxylation is 1. The van der Waals surface area contributed by atoms with Crippen molar-refractivity contribution in [3.8, 4) is 0 Å². The van der Waals surface area contributed by atoms with Gasteiger partial charge in [0.05, 0.1) is 10.5 Å². The molecule has 0 aliphatic heterocycles. The minimum absolute atomic E-state index is 0.00674. The fourth-order valence-corrected chi connectivity index (χ4v) is 4.20. The number of hydrogen-bond donors (Lipinski definition) is 2. The minimum Gasteiger partial charge on any atom is -0.390 e. The Labute approximate surface area is 121 Å². The van der Waals surface area contributed by atoms with Crippen LogP contribution in [-0.4, -0.2) is 25.2 Å². The first-order valence-electron chi connectivity index (χ1n) is 7.10. The van der Waals surface area contributed by atoms with Gasteiger partial charge in [0.15, 0.2) is 0 Å². The Balaban J connectivity index is 2.11. The van der Waals surface area contributed by atoms with Crippen LogP contribution < -0.4 is 4.72 Å². The third-order valence-corrected chi connectivity index (χ3v) is 6.04. The van der Waals surface area contributed by atoms with Crippen LogP contribution in [0.2, 0.25) is 0 Å². The van der Waals surface area contributed by atoms with E-state index in [1.165, 1.54) is 0 Å². The predicted molar refractivity (Wildman–Crippen MR) is 78.9 cm³/mol. The van der Waals surface area contributed by atoms with Crippen LogP contribution in [0.15, 0.2) is 29.2 Å². The van der Waals surface area contributed by atoms with E-state index in [9.17, 15) is 13.5 Å². The number of rotatable bonds is 5. The van der Waals surface area contributed by atoms with E-state index in [1.54, 1.807) is 24.3 Å². The average molecular weight is 297 g/mol. The molecule has 0 heterocycles. The summed E-state index contributed by atoms with van der Waals surface area (Å²) in [7, 11) is -3.52. The molecule has 2 N–H and O–H groups in total. The van der Waals surface area contributed by atoms with Crippen LogP contribution in [0.25, 0.3) is 0 Å². The van der Waals surface area contributed by atoms with Crippen LogP contribution in [-0.2, 0) is 10.0 Å². The second kappa shape index (κ2) is 5.47. The molecule has 112 valence electrons. The van der Waals surface area contributed by atoms with Gasteiger partial charge in [0.1, 0.15) is 0 Å². The smallest absolute Gasteiger partial charge is 0.240 e. The molecule has 1 aromatic rings. The zero-order chi connectivity index (χ0) is 15.0. The summed E-state index contributed by atoms with van der Waals surface area (Å²) in [6.07, 6.45) is 2.28. The molecule has 0 amide bonds. The summed E-state index contributed by atoms with van der Waals surface area (Å²) >= 11 is 0. The Morgan fingerprint density at radius 2 is 2.00 bits per heavy atom. The standard InChI is InChI=1S/C15H23NO3S/c1-4-15(17)10-9-14(15)12(3)16-20(18,19)13-7-5-11(2)6-8-13/h5-8,12,14,16-17H,4,9-10H2,1-3H3/t12-,14+,15+/m0/s1. The van der Waals surface area contributed by atoms with E-state index in [2.05, 4.69) is 4.72 Å². The molecule has 1 aromatic carbocycles. The number of benzene rings is 1. The highest BCUT2D eigenvalue weighted by molar-refractivity contribution is 7.89. The lowest BCUT2D eigenvalue weighted by molar-refractivity contribution is -0.106. The summed E-state index contributed by atoms with van der Waals surface area (Å²) in [6.45, 7) is 5.69. The van der Waals surface area contributed by atoms with Gasteiger partial charge in [-0.1, -0.05) is 24.6 Å². The Bertz CT molecular complexity index is 563. The van der Waals surface area contributed by atoms with E-state index in [1.807, 2.05) is 20.8 Å². The first-order chi connectivity index (χ1) is 9.28. The third-order valence-electron chi connectivity index (χ3n) is 4.47. The zero-order valence-electron chi connectivity index (χ0n) is 12.3. The van der Waals surface area contributed by atoms with Gasteiger partial charge in [0.2, 0.25) is 10.0 Å². The van der Waals surface area contributed by atoms with Gasteiger partial charge in [-0.2, -0.15) is 0 Å². The molecule has 0 saturated heterocycles. The second-order valence-corrected chi connectivity index (χ2v) is 7.54. The lowest BCUT2D eigenvalue weighted by Crippen LogP contribution is -2.56. The molecule has 5 heteroatoms. The molecule has 20 heavy (non-hydrogen) atoms. The number of nitrogens with one attached hydrogen (secondary N) is 1. The van der Waals surface area contributed by atoms with Crippen LogP contribution in [0.3, 0.4) is 0 Å². The van der Waals surface area contributed by atoms with Crippen molar-refractivity contribution in [2.45, 2.75) is 56.6 Å². The van der Waals surface area contributed by atoms with Gasteiger partial charge in [-0.05, 0) is 45.2 Å². The molecule has 1 fully saturated rings. The van der Waals surface area contributed by atoms with Crippen molar-refractivity contribution in [2.75, 3.05) is 0 Å². The van der Waals surface area contributed by atoms with E-state index in [4.69, 9.17) is 0 Å². The van der Waals surface area contributed by atoms with Crippen molar-refractivity contribution >= 4 is 10.0 Å². The molecule has 0 spiro atoms.